The molecule has 0 saturated carbocycles. The Balaban J connectivity index is 1.59. The van der Waals surface area contributed by atoms with Crippen LogP contribution in [0.25, 0.3) is 5.70 Å². The Hall–Kier alpha value is -4.16. The van der Waals surface area contributed by atoms with Crippen LogP contribution in [0.15, 0.2) is 47.9 Å². The molecule has 0 aromatic carbocycles. The smallest absolute Gasteiger partial charge is 0.409 e. The lowest BCUT2D eigenvalue weighted by Gasteiger charge is -2.08. The molecule has 0 aliphatic heterocycles. The molecule has 0 radical (unpaired) electrons. The monoisotopic (exact) mass is 463 g/mol. The number of rotatable bonds is 7. The number of halogens is 3. The van der Waals surface area contributed by atoms with Crippen molar-refractivity contribution in [1.29, 1.82) is 0 Å². The van der Waals surface area contributed by atoms with Crippen LogP contribution in [0, 0.1) is 0 Å². The van der Waals surface area contributed by atoms with Crippen molar-refractivity contribution in [2.24, 2.45) is 10.9 Å². The van der Waals surface area contributed by atoms with Crippen LogP contribution in [0.3, 0.4) is 0 Å². The molecule has 0 saturated heterocycles. The van der Waals surface area contributed by atoms with E-state index in [2.05, 4.69) is 25.9 Å². The number of pyridine rings is 1. The number of hydrogen-bond acceptors (Lipinski definition) is 6. The summed E-state index contributed by atoms with van der Waals surface area (Å²) in [5, 5.41) is 19.8. The highest BCUT2D eigenvalue weighted by molar-refractivity contribution is 5.98. The van der Waals surface area contributed by atoms with E-state index < -0.39 is 29.2 Å². The van der Waals surface area contributed by atoms with Gasteiger partial charge in [0, 0.05) is 31.2 Å². The minimum absolute atomic E-state index is 0.0437. The summed E-state index contributed by atoms with van der Waals surface area (Å²) in [6.45, 7) is -0.161. The van der Waals surface area contributed by atoms with Crippen LogP contribution in [0.4, 0.5) is 13.2 Å². The number of oxime groups is 1. The Kier molecular flexibility index (Phi) is 7.10. The second-order valence-corrected chi connectivity index (χ2v) is 6.89. The van der Waals surface area contributed by atoms with Gasteiger partial charge >= 0.3 is 6.18 Å². The summed E-state index contributed by atoms with van der Waals surface area (Å²) in [6, 6.07) is 2.77. The van der Waals surface area contributed by atoms with Crippen molar-refractivity contribution in [3.63, 3.8) is 0 Å². The first-order chi connectivity index (χ1) is 15.7. The van der Waals surface area contributed by atoms with Gasteiger partial charge < -0.3 is 21.6 Å². The van der Waals surface area contributed by atoms with Crippen molar-refractivity contribution in [1.82, 2.24) is 25.4 Å². The SMILES string of the molecule is N/C(=N\O)c1ccc(C(=O)NCCNC(=O)c2cn(C3=CC=CCC3)nc2C(F)(F)F)cn1. The van der Waals surface area contributed by atoms with Gasteiger partial charge in [0.15, 0.2) is 11.5 Å². The van der Waals surface area contributed by atoms with Crippen molar-refractivity contribution in [3.8, 4) is 0 Å². The zero-order valence-electron chi connectivity index (χ0n) is 17.1. The zero-order valence-corrected chi connectivity index (χ0v) is 17.1. The molecule has 0 unspecified atom stereocenters. The van der Waals surface area contributed by atoms with E-state index in [9.17, 15) is 22.8 Å². The second kappa shape index (κ2) is 9.97. The third-order valence-corrected chi connectivity index (χ3v) is 4.61. The van der Waals surface area contributed by atoms with Crippen LogP contribution < -0.4 is 16.4 Å². The minimum Gasteiger partial charge on any atom is -0.409 e. The maximum atomic E-state index is 13.4. The highest BCUT2D eigenvalue weighted by atomic mass is 19.4. The summed E-state index contributed by atoms with van der Waals surface area (Å²) in [5.74, 6) is -1.70. The first kappa shape index (κ1) is 23.5. The standard InChI is InChI=1S/C20H20F3N7O3/c21-20(22,23)16-14(11-30(28-16)13-4-2-1-3-5-13)19(32)26-9-8-25-18(31)12-6-7-15(27-10-12)17(24)29-33/h1-2,4,6-7,10-11,33H,3,5,8-9H2,(H2,24,29)(H,25,31)(H,26,32). The lowest BCUT2D eigenvalue weighted by atomic mass is 10.1. The Morgan fingerprint density at radius 3 is 2.52 bits per heavy atom. The molecule has 33 heavy (non-hydrogen) atoms. The van der Waals surface area contributed by atoms with Gasteiger partial charge in [0.2, 0.25) is 0 Å². The molecule has 0 spiro atoms. The van der Waals surface area contributed by atoms with E-state index in [1.165, 1.54) is 18.3 Å². The number of amidine groups is 1. The lowest BCUT2D eigenvalue weighted by molar-refractivity contribution is -0.141. The fourth-order valence-corrected chi connectivity index (χ4v) is 2.96. The largest absolute Gasteiger partial charge is 0.435 e. The van der Waals surface area contributed by atoms with Crippen molar-refractivity contribution in [2.45, 2.75) is 19.0 Å². The highest BCUT2D eigenvalue weighted by Gasteiger charge is 2.39. The molecule has 1 aliphatic carbocycles. The number of carbonyl (C=O) groups excluding carboxylic acids is 2. The summed E-state index contributed by atoms with van der Waals surface area (Å²) in [5.41, 5.74) is 4.39. The number of amides is 2. The van der Waals surface area contributed by atoms with Gasteiger partial charge in [-0.2, -0.15) is 18.3 Å². The van der Waals surface area contributed by atoms with Crippen LogP contribution in [0.1, 0.15) is 44.9 Å². The first-order valence-corrected chi connectivity index (χ1v) is 9.74. The Labute approximate surface area is 185 Å². The number of hydrogen-bond donors (Lipinski definition) is 4. The lowest BCUT2D eigenvalue weighted by Crippen LogP contribution is -2.35. The van der Waals surface area contributed by atoms with Gasteiger partial charge in [0.05, 0.1) is 11.1 Å². The topological polar surface area (TPSA) is 148 Å². The van der Waals surface area contributed by atoms with Crippen LogP contribution in [-0.4, -0.2) is 50.7 Å². The molecule has 2 heterocycles. The van der Waals surface area contributed by atoms with Gasteiger partial charge in [-0.1, -0.05) is 17.3 Å². The van der Waals surface area contributed by atoms with Crippen molar-refractivity contribution < 1.29 is 28.0 Å². The summed E-state index contributed by atoms with van der Waals surface area (Å²) < 4.78 is 41.2. The molecule has 0 atom stereocenters. The molecule has 2 aromatic heterocycles. The number of nitrogens with one attached hydrogen (secondary N) is 2. The quantitative estimate of drug-likeness (QED) is 0.162. The number of nitrogens with zero attached hydrogens (tertiary/aromatic N) is 4. The zero-order chi connectivity index (χ0) is 24.0. The van der Waals surface area contributed by atoms with Gasteiger partial charge in [0.25, 0.3) is 11.8 Å². The van der Waals surface area contributed by atoms with Gasteiger partial charge in [0.1, 0.15) is 5.69 Å². The van der Waals surface area contributed by atoms with Gasteiger partial charge in [-0.25, -0.2) is 4.68 Å². The molecule has 174 valence electrons. The molecule has 2 amide bonds. The molecule has 5 N–H and O–H groups in total. The van der Waals surface area contributed by atoms with E-state index in [1.54, 1.807) is 12.2 Å². The van der Waals surface area contributed by atoms with Gasteiger partial charge in [-0.05, 0) is 31.1 Å². The van der Waals surface area contributed by atoms with Crippen molar-refractivity contribution in [2.75, 3.05) is 13.1 Å². The van der Waals surface area contributed by atoms with E-state index in [1.807, 2.05) is 6.08 Å². The third-order valence-electron chi connectivity index (χ3n) is 4.61. The molecule has 0 bridgehead atoms. The number of aromatic nitrogens is 3. The second-order valence-electron chi connectivity index (χ2n) is 6.89. The average Bonchev–Trinajstić information content (AvgIpc) is 3.28. The predicted molar refractivity (Wildman–Crippen MR) is 111 cm³/mol. The molecular formula is C20H20F3N7O3. The maximum Gasteiger partial charge on any atom is 0.435 e. The summed E-state index contributed by atoms with van der Waals surface area (Å²) in [6.07, 6.45) is 3.85. The summed E-state index contributed by atoms with van der Waals surface area (Å²) in [4.78, 5) is 28.4. The Morgan fingerprint density at radius 2 is 1.94 bits per heavy atom. The predicted octanol–water partition coefficient (Wildman–Crippen LogP) is 1.74. The Bertz CT molecular complexity index is 1120. The van der Waals surface area contributed by atoms with Crippen LogP contribution >= 0.6 is 0 Å². The summed E-state index contributed by atoms with van der Waals surface area (Å²) in [7, 11) is 0. The van der Waals surface area contributed by atoms with E-state index in [-0.39, 0.29) is 30.2 Å². The third kappa shape index (κ3) is 5.75. The van der Waals surface area contributed by atoms with E-state index in [4.69, 9.17) is 10.9 Å². The van der Waals surface area contributed by atoms with E-state index in [0.29, 0.717) is 18.5 Å². The molecular weight excluding hydrogens is 443 g/mol. The molecule has 2 aromatic rings. The first-order valence-electron chi connectivity index (χ1n) is 9.74. The van der Waals surface area contributed by atoms with Crippen LogP contribution in [0.5, 0.6) is 0 Å². The molecule has 0 fully saturated rings. The van der Waals surface area contributed by atoms with E-state index in [0.717, 1.165) is 10.9 Å². The number of allylic oxidation sites excluding steroid dienone is 4. The number of nitrogens with two attached hydrogens (primary N) is 1. The Morgan fingerprint density at radius 1 is 1.21 bits per heavy atom. The average molecular weight is 463 g/mol. The van der Waals surface area contributed by atoms with Crippen LogP contribution in [-0.2, 0) is 6.18 Å². The molecule has 1 aliphatic rings. The van der Waals surface area contributed by atoms with E-state index >= 15 is 0 Å². The summed E-state index contributed by atoms with van der Waals surface area (Å²) >= 11 is 0. The maximum absolute atomic E-state index is 13.4. The van der Waals surface area contributed by atoms with Gasteiger partial charge in [-0.15, -0.1) is 0 Å². The van der Waals surface area contributed by atoms with Crippen molar-refractivity contribution in [3.05, 3.63) is 65.3 Å². The highest BCUT2D eigenvalue weighted by Crippen LogP contribution is 2.32. The van der Waals surface area contributed by atoms with Crippen molar-refractivity contribution >= 4 is 23.3 Å². The normalized spacial score (nSPS) is 14.0. The minimum atomic E-state index is -4.81. The number of alkyl halides is 3. The fourth-order valence-electron chi connectivity index (χ4n) is 2.96. The fraction of sp³-hybridized carbons (Fsp3) is 0.250. The molecule has 10 nitrogen and oxygen atoms in total. The number of carbonyl (C=O) groups is 2. The van der Waals surface area contributed by atoms with Crippen LogP contribution in [0.2, 0.25) is 0 Å². The molecule has 3 rings (SSSR count). The van der Waals surface area contributed by atoms with Gasteiger partial charge in [-0.3, -0.25) is 14.6 Å². The molecule has 13 heteroatoms.